The molecular formula is C15H22BrClN2O. The Morgan fingerprint density at radius 2 is 2.10 bits per heavy atom. The fraction of sp³-hybridized carbons (Fsp3) is 0.533. The summed E-state index contributed by atoms with van der Waals surface area (Å²) in [5, 5.41) is 3.39. The fourth-order valence-electron chi connectivity index (χ4n) is 2.61. The summed E-state index contributed by atoms with van der Waals surface area (Å²) in [7, 11) is 1.93. The van der Waals surface area contributed by atoms with E-state index in [1.807, 2.05) is 37.1 Å². The van der Waals surface area contributed by atoms with Crippen molar-refractivity contribution < 1.29 is 4.79 Å². The molecule has 1 amide bonds. The average Bonchev–Trinajstić information content (AvgIpc) is 2.66. The first-order valence-corrected chi connectivity index (χ1v) is 7.63. The van der Waals surface area contributed by atoms with E-state index in [1.165, 1.54) is 0 Å². The van der Waals surface area contributed by atoms with Gasteiger partial charge in [0, 0.05) is 23.1 Å². The SMILES string of the molecule is Cc1cc(Br)ccc1C(=O)N(C)C1CCCNCC1.Cl. The van der Waals surface area contributed by atoms with E-state index < -0.39 is 0 Å². The van der Waals surface area contributed by atoms with Crippen LogP contribution < -0.4 is 5.32 Å². The predicted octanol–water partition coefficient (Wildman–Crippen LogP) is 3.39. The minimum absolute atomic E-state index is 0. The Kier molecular flexibility index (Phi) is 7.00. The summed E-state index contributed by atoms with van der Waals surface area (Å²) in [6.07, 6.45) is 3.27. The number of rotatable bonds is 2. The molecule has 0 aromatic heterocycles. The number of benzene rings is 1. The van der Waals surface area contributed by atoms with Crippen LogP contribution in [0, 0.1) is 6.92 Å². The molecule has 0 spiro atoms. The smallest absolute Gasteiger partial charge is 0.254 e. The highest BCUT2D eigenvalue weighted by atomic mass is 79.9. The Morgan fingerprint density at radius 3 is 2.80 bits per heavy atom. The number of halogens is 2. The van der Waals surface area contributed by atoms with Crippen LogP contribution >= 0.6 is 28.3 Å². The number of carbonyl (C=O) groups excluding carboxylic acids is 1. The van der Waals surface area contributed by atoms with Gasteiger partial charge in [0.1, 0.15) is 0 Å². The van der Waals surface area contributed by atoms with E-state index in [0.717, 1.165) is 48.0 Å². The molecular weight excluding hydrogens is 340 g/mol. The first-order chi connectivity index (χ1) is 9.09. The third kappa shape index (κ3) is 4.21. The Labute approximate surface area is 135 Å². The Morgan fingerprint density at radius 1 is 1.35 bits per heavy atom. The fourth-order valence-corrected chi connectivity index (χ4v) is 3.09. The first-order valence-electron chi connectivity index (χ1n) is 6.83. The molecule has 0 saturated carbocycles. The van der Waals surface area contributed by atoms with E-state index in [1.54, 1.807) is 0 Å². The van der Waals surface area contributed by atoms with Crippen LogP contribution in [0.2, 0.25) is 0 Å². The van der Waals surface area contributed by atoms with Gasteiger partial charge in [0.05, 0.1) is 0 Å². The summed E-state index contributed by atoms with van der Waals surface area (Å²) in [5.74, 6) is 0.136. The molecule has 1 aliphatic rings. The van der Waals surface area contributed by atoms with Gasteiger partial charge in [-0.3, -0.25) is 4.79 Å². The number of nitrogens with one attached hydrogen (secondary N) is 1. The lowest BCUT2D eigenvalue weighted by atomic mass is 10.0. The molecule has 112 valence electrons. The van der Waals surface area contributed by atoms with Crippen LogP contribution in [0.1, 0.15) is 35.2 Å². The van der Waals surface area contributed by atoms with Crippen molar-refractivity contribution in [1.29, 1.82) is 0 Å². The van der Waals surface area contributed by atoms with Crippen LogP contribution in [0.5, 0.6) is 0 Å². The van der Waals surface area contributed by atoms with Crippen molar-refractivity contribution in [3.05, 3.63) is 33.8 Å². The Balaban J connectivity index is 0.00000200. The Bertz CT molecular complexity index is 459. The molecule has 1 heterocycles. The van der Waals surface area contributed by atoms with Gasteiger partial charge in [-0.15, -0.1) is 12.4 Å². The van der Waals surface area contributed by atoms with E-state index in [2.05, 4.69) is 21.2 Å². The van der Waals surface area contributed by atoms with E-state index in [9.17, 15) is 4.79 Å². The van der Waals surface area contributed by atoms with E-state index in [4.69, 9.17) is 0 Å². The van der Waals surface area contributed by atoms with E-state index >= 15 is 0 Å². The molecule has 20 heavy (non-hydrogen) atoms. The summed E-state index contributed by atoms with van der Waals surface area (Å²) in [4.78, 5) is 14.5. The molecule has 1 aromatic carbocycles. The van der Waals surface area contributed by atoms with Crippen LogP contribution in [0.4, 0.5) is 0 Å². The summed E-state index contributed by atoms with van der Waals surface area (Å²) >= 11 is 3.44. The molecule has 0 bridgehead atoms. The number of aryl methyl sites for hydroxylation is 1. The van der Waals surface area contributed by atoms with Crippen molar-refractivity contribution in [2.75, 3.05) is 20.1 Å². The van der Waals surface area contributed by atoms with Gasteiger partial charge in [-0.25, -0.2) is 0 Å². The van der Waals surface area contributed by atoms with Gasteiger partial charge >= 0.3 is 0 Å². The van der Waals surface area contributed by atoms with Crippen molar-refractivity contribution in [1.82, 2.24) is 10.2 Å². The molecule has 0 radical (unpaired) electrons. The number of nitrogens with zero attached hydrogens (tertiary/aromatic N) is 1. The largest absolute Gasteiger partial charge is 0.339 e. The molecule has 3 nitrogen and oxygen atoms in total. The molecule has 1 saturated heterocycles. The second-order valence-electron chi connectivity index (χ2n) is 5.21. The van der Waals surface area contributed by atoms with E-state index in [0.29, 0.717) is 6.04 Å². The molecule has 5 heteroatoms. The molecule has 1 aliphatic heterocycles. The van der Waals surface area contributed by atoms with Crippen LogP contribution in [-0.2, 0) is 0 Å². The van der Waals surface area contributed by atoms with Crippen LogP contribution in [-0.4, -0.2) is 37.0 Å². The maximum absolute atomic E-state index is 12.6. The van der Waals surface area contributed by atoms with Gasteiger partial charge in [-0.2, -0.15) is 0 Å². The van der Waals surface area contributed by atoms with E-state index in [-0.39, 0.29) is 18.3 Å². The van der Waals surface area contributed by atoms with Gasteiger partial charge in [0.2, 0.25) is 0 Å². The third-order valence-corrected chi connectivity index (χ3v) is 4.33. The molecule has 1 aromatic rings. The normalized spacial score (nSPS) is 18.9. The maximum Gasteiger partial charge on any atom is 0.254 e. The minimum Gasteiger partial charge on any atom is -0.339 e. The number of hydrogen-bond acceptors (Lipinski definition) is 2. The maximum atomic E-state index is 12.6. The Hall–Kier alpha value is -0.580. The van der Waals surface area contributed by atoms with Crippen LogP contribution in [0.15, 0.2) is 22.7 Å². The van der Waals surface area contributed by atoms with Crippen molar-refractivity contribution in [3.8, 4) is 0 Å². The summed E-state index contributed by atoms with van der Waals surface area (Å²) in [5.41, 5.74) is 1.83. The average molecular weight is 362 g/mol. The van der Waals surface area contributed by atoms with Crippen LogP contribution in [0.25, 0.3) is 0 Å². The summed E-state index contributed by atoms with van der Waals surface area (Å²) in [6, 6.07) is 6.19. The second-order valence-corrected chi connectivity index (χ2v) is 6.13. The highest BCUT2D eigenvalue weighted by Gasteiger charge is 2.22. The van der Waals surface area contributed by atoms with Crippen molar-refractivity contribution >= 4 is 34.2 Å². The molecule has 2 rings (SSSR count). The quantitative estimate of drug-likeness (QED) is 0.875. The second kappa shape index (κ2) is 8.01. The summed E-state index contributed by atoms with van der Waals surface area (Å²) in [6.45, 7) is 4.05. The highest BCUT2D eigenvalue weighted by molar-refractivity contribution is 9.10. The van der Waals surface area contributed by atoms with Crippen molar-refractivity contribution in [3.63, 3.8) is 0 Å². The lowest BCUT2D eigenvalue weighted by Crippen LogP contribution is -2.37. The topological polar surface area (TPSA) is 32.3 Å². The molecule has 1 fully saturated rings. The van der Waals surface area contributed by atoms with Crippen molar-refractivity contribution in [2.45, 2.75) is 32.2 Å². The number of amides is 1. The predicted molar refractivity (Wildman–Crippen MR) is 88.7 cm³/mol. The zero-order valence-corrected chi connectivity index (χ0v) is 14.4. The standard InChI is InChI=1S/C15H21BrN2O.ClH/c1-11-10-12(16)5-6-14(11)15(19)18(2)13-4-3-8-17-9-7-13;/h5-6,10,13,17H,3-4,7-9H2,1-2H3;1H. The molecule has 1 unspecified atom stereocenters. The van der Waals surface area contributed by atoms with Gasteiger partial charge in [0.15, 0.2) is 0 Å². The zero-order chi connectivity index (χ0) is 13.8. The van der Waals surface area contributed by atoms with Crippen molar-refractivity contribution in [2.24, 2.45) is 0 Å². The summed E-state index contributed by atoms with van der Waals surface area (Å²) < 4.78 is 1.02. The molecule has 0 aliphatic carbocycles. The van der Waals surface area contributed by atoms with Crippen LogP contribution in [0.3, 0.4) is 0 Å². The van der Waals surface area contributed by atoms with Gasteiger partial charge in [-0.1, -0.05) is 15.9 Å². The minimum atomic E-state index is 0. The molecule has 1 N–H and O–H groups in total. The lowest BCUT2D eigenvalue weighted by molar-refractivity contribution is 0.0719. The zero-order valence-electron chi connectivity index (χ0n) is 12.0. The number of hydrogen-bond donors (Lipinski definition) is 1. The highest BCUT2D eigenvalue weighted by Crippen LogP contribution is 2.20. The van der Waals surface area contributed by atoms with Gasteiger partial charge in [0.25, 0.3) is 5.91 Å². The third-order valence-electron chi connectivity index (χ3n) is 3.83. The van der Waals surface area contributed by atoms with Gasteiger partial charge in [-0.05, 0) is 63.0 Å². The first kappa shape index (κ1) is 17.5. The van der Waals surface area contributed by atoms with Gasteiger partial charge < -0.3 is 10.2 Å². The lowest BCUT2D eigenvalue weighted by Gasteiger charge is -2.27. The monoisotopic (exact) mass is 360 g/mol. The molecule has 1 atom stereocenters. The number of carbonyl (C=O) groups is 1.